The van der Waals surface area contributed by atoms with Crippen molar-refractivity contribution in [3.8, 4) is 6.07 Å². The third-order valence-electron chi connectivity index (χ3n) is 3.69. The average molecular weight is 280 g/mol. The SMILES string of the molecule is Cc1cccc(C)c1N1N=C2COCC=C2C(C#N)=C1N. The number of benzene rings is 1. The average Bonchev–Trinajstić information content (AvgIpc) is 2.47. The van der Waals surface area contributed by atoms with E-state index >= 15 is 0 Å². The van der Waals surface area contributed by atoms with Gasteiger partial charge in [0.15, 0.2) is 0 Å². The molecule has 0 saturated carbocycles. The van der Waals surface area contributed by atoms with Gasteiger partial charge in [0.1, 0.15) is 17.5 Å². The van der Waals surface area contributed by atoms with E-state index in [9.17, 15) is 5.26 Å². The predicted octanol–water partition coefficient (Wildman–Crippen LogP) is 2.13. The van der Waals surface area contributed by atoms with Gasteiger partial charge < -0.3 is 10.5 Å². The third-order valence-corrected chi connectivity index (χ3v) is 3.69. The number of para-hydroxylation sites is 1. The highest BCUT2D eigenvalue weighted by atomic mass is 16.5. The van der Waals surface area contributed by atoms with Crippen molar-refractivity contribution in [2.75, 3.05) is 18.2 Å². The highest BCUT2D eigenvalue weighted by Crippen LogP contribution is 2.32. The van der Waals surface area contributed by atoms with Gasteiger partial charge in [-0.25, -0.2) is 5.01 Å². The second kappa shape index (κ2) is 5.08. The molecule has 0 saturated heterocycles. The van der Waals surface area contributed by atoms with Crippen LogP contribution in [-0.2, 0) is 4.74 Å². The summed E-state index contributed by atoms with van der Waals surface area (Å²) in [4.78, 5) is 0. The fraction of sp³-hybridized carbons (Fsp3) is 0.250. The van der Waals surface area contributed by atoms with Gasteiger partial charge >= 0.3 is 0 Å². The lowest BCUT2D eigenvalue weighted by molar-refractivity contribution is 0.199. The number of aryl methyl sites for hydroxylation is 2. The summed E-state index contributed by atoms with van der Waals surface area (Å²) in [6.07, 6.45) is 1.86. The van der Waals surface area contributed by atoms with Crippen LogP contribution in [0.15, 0.2) is 46.3 Å². The first-order valence-electron chi connectivity index (χ1n) is 6.75. The topological polar surface area (TPSA) is 74.6 Å². The lowest BCUT2D eigenvalue weighted by atomic mass is 9.98. The van der Waals surface area contributed by atoms with E-state index in [0.29, 0.717) is 24.6 Å². The molecule has 2 aliphatic heterocycles. The molecule has 21 heavy (non-hydrogen) atoms. The van der Waals surface area contributed by atoms with E-state index in [-0.39, 0.29) is 0 Å². The minimum Gasteiger partial charge on any atom is -0.383 e. The number of hydrogen-bond donors (Lipinski definition) is 1. The molecule has 0 fully saturated rings. The molecule has 1 aromatic carbocycles. The molecule has 0 amide bonds. The van der Waals surface area contributed by atoms with E-state index in [2.05, 4.69) is 11.2 Å². The van der Waals surface area contributed by atoms with E-state index in [0.717, 1.165) is 28.1 Å². The fourth-order valence-electron chi connectivity index (χ4n) is 2.67. The summed E-state index contributed by atoms with van der Waals surface area (Å²) in [5.41, 5.74) is 11.2. The fourth-order valence-corrected chi connectivity index (χ4v) is 2.67. The Hall–Kier alpha value is -2.58. The summed E-state index contributed by atoms with van der Waals surface area (Å²) in [6.45, 7) is 4.89. The van der Waals surface area contributed by atoms with E-state index in [4.69, 9.17) is 10.5 Å². The zero-order chi connectivity index (χ0) is 15.0. The summed E-state index contributed by atoms with van der Waals surface area (Å²) in [5, 5.41) is 15.7. The van der Waals surface area contributed by atoms with Gasteiger partial charge in [0.05, 0.1) is 24.6 Å². The van der Waals surface area contributed by atoms with Gasteiger partial charge in [-0.1, -0.05) is 18.2 Å². The van der Waals surface area contributed by atoms with Crippen LogP contribution in [0.2, 0.25) is 0 Å². The molecule has 0 bridgehead atoms. The molecule has 0 atom stereocenters. The zero-order valence-electron chi connectivity index (χ0n) is 12.1. The molecule has 3 rings (SSSR count). The highest BCUT2D eigenvalue weighted by molar-refractivity contribution is 6.08. The number of fused-ring (bicyclic) bond motifs is 1. The van der Waals surface area contributed by atoms with E-state index in [1.54, 1.807) is 5.01 Å². The summed E-state index contributed by atoms with van der Waals surface area (Å²) >= 11 is 0. The molecule has 0 aromatic heterocycles. The number of nitrogens with two attached hydrogens (primary N) is 1. The van der Waals surface area contributed by atoms with Gasteiger partial charge in [0.2, 0.25) is 0 Å². The Balaban J connectivity index is 2.20. The Bertz CT molecular complexity index is 717. The number of ether oxygens (including phenoxy) is 1. The van der Waals surface area contributed by atoms with Crippen LogP contribution in [0.25, 0.3) is 0 Å². The van der Waals surface area contributed by atoms with Crippen molar-refractivity contribution in [2.24, 2.45) is 10.8 Å². The molecule has 0 radical (unpaired) electrons. The smallest absolute Gasteiger partial charge is 0.144 e. The minimum atomic E-state index is 0.367. The maximum atomic E-state index is 9.45. The van der Waals surface area contributed by atoms with E-state index in [1.807, 2.05) is 38.1 Å². The monoisotopic (exact) mass is 280 g/mol. The molecule has 5 heteroatoms. The van der Waals surface area contributed by atoms with E-state index in [1.165, 1.54) is 0 Å². The molecule has 0 unspecified atom stereocenters. The Morgan fingerprint density at radius 1 is 1.33 bits per heavy atom. The van der Waals surface area contributed by atoms with Crippen LogP contribution in [0.3, 0.4) is 0 Å². The third kappa shape index (κ3) is 2.10. The molecule has 106 valence electrons. The molecular formula is C16H16N4O. The molecular weight excluding hydrogens is 264 g/mol. The number of nitriles is 1. The maximum absolute atomic E-state index is 9.45. The Morgan fingerprint density at radius 2 is 2.05 bits per heavy atom. The summed E-state index contributed by atoms with van der Waals surface area (Å²) in [6, 6.07) is 8.20. The van der Waals surface area contributed by atoms with Crippen molar-refractivity contribution in [3.63, 3.8) is 0 Å². The van der Waals surface area contributed by atoms with Gasteiger partial charge in [0, 0.05) is 5.57 Å². The van der Waals surface area contributed by atoms with Crippen LogP contribution >= 0.6 is 0 Å². The summed E-state index contributed by atoms with van der Waals surface area (Å²) < 4.78 is 5.41. The van der Waals surface area contributed by atoms with Crippen molar-refractivity contribution >= 4 is 11.4 Å². The zero-order valence-corrected chi connectivity index (χ0v) is 12.1. The van der Waals surface area contributed by atoms with Gasteiger partial charge in [-0.3, -0.25) is 0 Å². The van der Waals surface area contributed by atoms with Crippen molar-refractivity contribution in [2.45, 2.75) is 13.8 Å². The number of rotatable bonds is 1. The van der Waals surface area contributed by atoms with Crippen LogP contribution in [0, 0.1) is 25.2 Å². The van der Waals surface area contributed by atoms with Crippen LogP contribution in [0.1, 0.15) is 11.1 Å². The van der Waals surface area contributed by atoms with Crippen molar-refractivity contribution in [1.82, 2.24) is 0 Å². The minimum absolute atomic E-state index is 0.367. The first-order valence-corrected chi connectivity index (χ1v) is 6.75. The Labute approximate surface area is 123 Å². The first-order chi connectivity index (χ1) is 10.1. The van der Waals surface area contributed by atoms with Crippen LogP contribution in [0.4, 0.5) is 5.69 Å². The number of hydrogen-bond acceptors (Lipinski definition) is 5. The first kappa shape index (κ1) is 13.4. The molecule has 2 heterocycles. The number of anilines is 1. The lowest BCUT2D eigenvalue weighted by Crippen LogP contribution is -2.35. The van der Waals surface area contributed by atoms with Crippen molar-refractivity contribution in [3.05, 3.63) is 52.4 Å². The molecule has 0 aliphatic carbocycles. The molecule has 2 N–H and O–H groups in total. The predicted molar refractivity (Wildman–Crippen MR) is 81.6 cm³/mol. The Morgan fingerprint density at radius 3 is 2.71 bits per heavy atom. The lowest BCUT2D eigenvalue weighted by Gasteiger charge is -2.30. The number of nitrogens with zero attached hydrogens (tertiary/aromatic N) is 3. The van der Waals surface area contributed by atoms with Crippen molar-refractivity contribution in [1.29, 1.82) is 5.26 Å². The van der Waals surface area contributed by atoms with Crippen LogP contribution in [0.5, 0.6) is 0 Å². The van der Waals surface area contributed by atoms with Crippen LogP contribution in [-0.4, -0.2) is 18.9 Å². The van der Waals surface area contributed by atoms with Crippen LogP contribution < -0.4 is 10.7 Å². The molecule has 0 spiro atoms. The number of allylic oxidation sites excluding steroid dienone is 1. The molecule has 5 nitrogen and oxygen atoms in total. The standard InChI is InChI=1S/C16H16N4O/c1-10-4-3-5-11(2)15(10)20-16(18)13(8-17)12-6-7-21-9-14(12)19-20/h3-6H,7,9,18H2,1-2H3. The second-order valence-corrected chi connectivity index (χ2v) is 5.10. The summed E-state index contributed by atoms with van der Waals surface area (Å²) in [5.74, 6) is 0.367. The largest absolute Gasteiger partial charge is 0.383 e. The van der Waals surface area contributed by atoms with Gasteiger partial charge in [0.25, 0.3) is 0 Å². The van der Waals surface area contributed by atoms with Gasteiger partial charge in [-0.05, 0) is 31.1 Å². The molecule has 2 aliphatic rings. The van der Waals surface area contributed by atoms with Gasteiger partial charge in [-0.15, -0.1) is 0 Å². The van der Waals surface area contributed by atoms with Gasteiger partial charge in [-0.2, -0.15) is 10.4 Å². The second-order valence-electron chi connectivity index (χ2n) is 5.10. The van der Waals surface area contributed by atoms with E-state index < -0.39 is 0 Å². The molecule has 1 aromatic rings. The normalized spacial score (nSPS) is 17.9. The maximum Gasteiger partial charge on any atom is 0.144 e. The van der Waals surface area contributed by atoms with Crippen molar-refractivity contribution < 1.29 is 4.74 Å². The summed E-state index contributed by atoms with van der Waals surface area (Å²) in [7, 11) is 0. The number of hydrazone groups is 1. The quantitative estimate of drug-likeness (QED) is 0.855. The Kier molecular flexibility index (Phi) is 3.24. The highest BCUT2D eigenvalue weighted by Gasteiger charge is 2.29.